The van der Waals surface area contributed by atoms with E-state index in [9.17, 15) is 4.79 Å². The summed E-state index contributed by atoms with van der Waals surface area (Å²) in [5, 5.41) is 3.04. The molecule has 138 valence electrons. The zero-order valence-electron chi connectivity index (χ0n) is 15.9. The Balaban J connectivity index is 0.00000529. The van der Waals surface area contributed by atoms with Crippen LogP contribution < -0.4 is 15.8 Å². The van der Waals surface area contributed by atoms with E-state index in [4.69, 9.17) is 10.5 Å². The molecule has 0 aromatic heterocycles. The van der Waals surface area contributed by atoms with Gasteiger partial charge in [-0.2, -0.15) is 0 Å². The van der Waals surface area contributed by atoms with E-state index in [0.29, 0.717) is 13.1 Å². The highest BCUT2D eigenvalue weighted by Gasteiger charge is 2.33. The molecule has 1 aromatic rings. The summed E-state index contributed by atoms with van der Waals surface area (Å²) in [6.07, 6.45) is 1.48. The normalized spacial score (nSPS) is 11.6. The number of nitrogens with two attached hydrogens (primary N) is 1. The number of aryl methyl sites for hydroxylation is 1. The van der Waals surface area contributed by atoms with Crippen LogP contribution in [-0.4, -0.2) is 18.1 Å². The first kappa shape index (κ1) is 22.7. The van der Waals surface area contributed by atoms with Gasteiger partial charge in [0.15, 0.2) is 0 Å². The Bertz CT molecular complexity index is 526. The highest BCUT2D eigenvalue weighted by molar-refractivity contribution is 5.85. The van der Waals surface area contributed by atoms with E-state index in [-0.39, 0.29) is 23.9 Å². The van der Waals surface area contributed by atoms with Crippen molar-refractivity contribution < 1.29 is 9.53 Å². The fourth-order valence-electron chi connectivity index (χ4n) is 2.55. The SMILES string of the molecule is CCC(CC)(CN)C(=O)NCc1ccc(C)cc1OC(C)(C)C.Cl. The van der Waals surface area contributed by atoms with Gasteiger partial charge in [-0.3, -0.25) is 4.79 Å². The maximum atomic E-state index is 12.6. The van der Waals surface area contributed by atoms with Crippen LogP contribution in [0, 0.1) is 12.3 Å². The summed E-state index contributed by atoms with van der Waals surface area (Å²) in [6.45, 7) is 12.9. The smallest absolute Gasteiger partial charge is 0.227 e. The van der Waals surface area contributed by atoms with Crippen molar-refractivity contribution in [2.75, 3.05) is 6.54 Å². The largest absolute Gasteiger partial charge is 0.488 e. The van der Waals surface area contributed by atoms with Crippen LogP contribution >= 0.6 is 12.4 Å². The van der Waals surface area contributed by atoms with Crippen LogP contribution in [0.25, 0.3) is 0 Å². The first-order valence-corrected chi connectivity index (χ1v) is 8.44. The molecular formula is C19H33ClN2O2. The lowest BCUT2D eigenvalue weighted by Gasteiger charge is -2.29. The highest BCUT2D eigenvalue weighted by atomic mass is 35.5. The van der Waals surface area contributed by atoms with Crippen molar-refractivity contribution in [3.8, 4) is 5.75 Å². The Morgan fingerprint density at radius 2 is 1.79 bits per heavy atom. The molecule has 0 heterocycles. The Kier molecular flexibility index (Phi) is 8.80. The molecule has 0 fully saturated rings. The van der Waals surface area contributed by atoms with Gasteiger partial charge in [-0.1, -0.05) is 26.0 Å². The minimum atomic E-state index is -0.476. The molecule has 5 heteroatoms. The molecule has 1 aromatic carbocycles. The third kappa shape index (κ3) is 5.99. The topological polar surface area (TPSA) is 64.4 Å². The van der Waals surface area contributed by atoms with E-state index < -0.39 is 5.41 Å². The molecule has 0 aliphatic heterocycles. The number of rotatable bonds is 7. The van der Waals surface area contributed by atoms with Crippen molar-refractivity contribution in [2.45, 2.75) is 66.5 Å². The lowest BCUT2D eigenvalue weighted by molar-refractivity contribution is -0.131. The van der Waals surface area contributed by atoms with E-state index in [1.165, 1.54) is 0 Å². The lowest BCUT2D eigenvalue weighted by atomic mass is 9.81. The van der Waals surface area contributed by atoms with E-state index in [1.807, 2.05) is 59.7 Å². The predicted molar refractivity (Wildman–Crippen MR) is 103 cm³/mol. The number of carbonyl (C=O) groups excluding carboxylic acids is 1. The van der Waals surface area contributed by atoms with E-state index in [2.05, 4.69) is 5.32 Å². The maximum Gasteiger partial charge on any atom is 0.227 e. The molecule has 0 unspecified atom stereocenters. The summed E-state index contributed by atoms with van der Waals surface area (Å²) in [5.41, 5.74) is 7.21. The number of halogens is 1. The predicted octanol–water partition coefficient (Wildman–Crippen LogP) is 3.98. The Hall–Kier alpha value is -1.26. The Morgan fingerprint density at radius 1 is 1.21 bits per heavy atom. The summed E-state index contributed by atoms with van der Waals surface area (Å²) in [5.74, 6) is 0.844. The minimum absolute atomic E-state index is 0. The van der Waals surface area contributed by atoms with Crippen molar-refractivity contribution in [1.29, 1.82) is 0 Å². The molecule has 4 nitrogen and oxygen atoms in total. The number of hydrogen-bond donors (Lipinski definition) is 2. The third-order valence-electron chi connectivity index (χ3n) is 4.30. The summed E-state index contributed by atoms with van der Waals surface area (Å²) in [7, 11) is 0. The lowest BCUT2D eigenvalue weighted by Crippen LogP contribution is -2.45. The van der Waals surface area contributed by atoms with Gasteiger partial charge in [-0.05, 0) is 52.2 Å². The van der Waals surface area contributed by atoms with Gasteiger partial charge in [-0.25, -0.2) is 0 Å². The van der Waals surface area contributed by atoms with E-state index >= 15 is 0 Å². The van der Waals surface area contributed by atoms with Gasteiger partial charge in [-0.15, -0.1) is 12.4 Å². The first-order valence-electron chi connectivity index (χ1n) is 8.44. The monoisotopic (exact) mass is 356 g/mol. The molecule has 3 N–H and O–H groups in total. The molecule has 0 atom stereocenters. The van der Waals surface area contributed by atoms with Crippen LogP contribution in [0.4, 0.5) is 0 Å². The second-order valence-electron chi connectivity index (χ2n) is 7.20. The van der Waals surface area contributed by atoms with Crippen molar-refractivity contribution in [2.24, 2.45) is 11.1 Å². The van der Waals surface area contributed by atoms with Crippen LogP contribution in [-0.2, 0) is 11.3 Å². The van der Waals surface area contributed by atoms with Crippen molar-refractivity contribution in [3.63, 3.8) is 0 Å². The first-order chi connectivity index (χ1) is 10.7. The maximum absolute atomic E-state index is 12.6. The number of hydrogen-bond acceptors (Lipinski definition) is 3. The van der Waals surface area contributed by atoms with Crippen LogP contribution in [0.1, 0.15) is 58.6 Å². The van der Waals surface area contributed by atoms with Gasteiger partial charge >= 0.3 is 0 Å². The van der Waals surface area contributed by atoms with Crippen molar-refractivity contribution >= 4 is 18.3 Å². The van der Waals surface area contributed by atoms with Crippen LogP contribution in [0.15, 0.2) is 18.2 Å². The average Bonchev–Trinajstić information content (AvgIpc) is 2.47. The van der Waals surface area contributed by atoms with E-state index in [0.717, 1.165) is 29.7 Å². The van der Waals surface area contributed by atoms with Gasteiger partial charge in [0.25, 0.3) is 0 Å². The minimum Gasteiger partial charge on any atom is -0.488 e. The molecule has 0 saturated carbocycles. The van der Waals surface area contributed by atoms with Gasteiger partial charge in [0.05, 0.1) is 5.41 Å². The number of amides is 1. The number of ether oxygens (including phenoxy) is 1. The third-order valence-corrected chi connectivity index (χ3v) is 4.30. The highest BCUT2D eigenvalue weighted by Crippen LogP contribution is 2.27. The zero-order chi connectivity index (χ0) is 17.7. The summed E-state index contributed by atoms with van der Waals surface area (Å²) in [6, 6.07) is 6.06. The molecule has 1 rings (SSSR count). The second-order valence-corrected chi connectivity index (χ2v) is 7.20. The van der Waals surface area contributed by atoms with Gasteiger partial charge in [0.1, 0.15) is 11.4 Å². The fourth-order valence-corrected chi connectivity index (χ4v) is 2.55. The molecule has 24 heavy (non-hydrogen) atoms. The molecule has 0 aliphatic carbocycles. The van der Waals surface area contributed by atoms with E-state index in [1.54, 1.807) is 0 Å². The number of carbonyl (C=O) groups is 1. The molecule has 0 radical (unpaired) electrons. The Labute approximate surface area is 152 Å². The fraction of sp³-hybridized carbons (Fsp3) is 0.632. The second kappa shape index (κ2) is 9.28. The summed E-state index contributed by atoms with van der Waals surface area (Å²) in [4.78, 5) is 12.6. The molecular weight excluding hydrogens is 324 g/mol. The van der Waals surface area contributed by atoms with Crippen LogP contribution in [0.2, 0.25) is 0 Å². The van der Waals surface area contributed by atoms with Gasteiger partial charge < -0.3 is 15.8 Å². The molecule has 0 spiro atoms. The quantitative estimate of drug-likeness (QED) is 0.776. The summed E-state index contributed by atoms with van der Waals surface area (Å²) < 4.78 is 6.03. The summed E-state index contributed by atoms with van der Waals surface area (Å²) >= 11 is 0. The van der Waals surface area contributed by atoms with Gasteiger partial charge in [0, 0.05) is 18.7 Å². The van der Waals surface area contributed by atoms with Gasteiger partial charge in [0.2, 0.25) is 5.91 Å². The van der Waals surface area contributed by atoms with Crippen molar-refractivity contribution in [1.82, 2.24) is 5.32 Å². The van der Waals surface area contributed by atoms with Crippen LogP contribution in [0.5, 0.6) is 5.75 Å². The van der Waals surface area contributed by atoms with Crippen molar-refractivity contribution in [3.05, 3.63) is 29.3 Å². The van der Waals surface area contributed by atoms with Crippen LogP contribution in [0.3, 0.4) is 0 Å². The molecule has 0 saturated heterocycles. The molecule has 1 amide bonds. The standard InChI is InChI=1S/C19H32N2O2.ClH/c1-7-19(8-2,13-20)17(22)21-12-15-10-9-14(3)11-16(15)23-18(4,5)6;/h9-11H,7-8,12-13,20H2,1-6H3,(H,21,22);1H. The Morgan fingerprint density at radius 3 is 2.25 bits per heavy atom. The number of benzene rings is 1. The zero-order valence-corrected chi connectivity index (χ0v) is 16.7. The number of nitrogens with one attached hydrogen (secondary N) is 1. The molecule has 0 aliphatic rings. The average molecular weight is 357 g/mol. The molecule has 0 bridgehead atoms.